The summed E-state index contributed by atoms with van der Waals surface area (Å²) >= 11 is 5.62. The molecular formula is C21H18ClF4N3O4. The summed E-state index contributed by atoms with van der Waals surface area (Å²) in [4.78, 5) is 28.4. The van der Waals surface area contributed by atoms with Crippen LogP contribution in [0, 0.1) is 5.82 Å². The average Bonchev–Trinajstić information content (AvgIpc) is 3.23. The fourth-order valence-corrected chi connectivity index (χ4v) is 4.54. The molecule has 0 saturated heterocycles. The first-order chi connectivity index (χ1) is 15.5. The van der Waals surface area contributed by atoms with Crippen LogP contribution in [0.2, 0.25) is 5.02 Å². The molecule has 2 amide bonds. The molecule has 5 rings (SSSR count). The Hall–Kier alpha value is -3.08. The van der Waals surface area contributed by atoms with Gasteiger partial charge in [0.2, 0.25) is 0 Å². The Kier molecular flexibility index (Phi) is 5.85. The number of alkyl carbamates (subject to hydrolysis) is 1. The lowest BCUT2D eigenvalue weighted by molar-refractivity contribution is -0.274. The number of alkyl halides is 3. The van der Waals surface area contributed by atoms with Gasteiger partial charge in [-0.05, 0) is 55.5 Å². The van der Waals surface area contributed by atoms with Crippen LogP contribution in [0.3, 0.4) is 0 Å². The molecule has 2 bridgehead atoms. The second-order valence-corrected chi connectivity index (χ2v) is 8.65. The van der Waals surface area contributed by atoms with Gasteiger partial charge in [-0.25, -0.2) is 14.2 Å². The topological polar surface area (TPSA) is 89.6 Å². The van der Waals surface area contributed by atoms with E-state index in [1.54, 1.807) is 6.07 Å². The van der Waals surface area contributed by atoms with E-state index in [1.807, 2.05) is 0 Å². The number of benzene rings is 1. The monoisotopic (exact) mass is 487 g/mol. The van der Waals surface area contributed by atoms with Gasteiger partial charge < -0.3 is 20.1 Å². The highest BCUT2D eigenvalue weighted by Crippen LogP contribution is 2.55. The molecule has 1 aromatic heterocycles. The largest absolute Gasteiger partial charge is 0.573 e. The number of aromatic nitrogens is 1. The van der Waals surface area contributed by atoms with E-state index in [1.165, 1.54) is 12.1 Å². The van der Waals surface area contributed by atoms with Crippen molar-refractivity contribution in [3.8, 4) is 5.75 Å². The second kappa shape index (κ2) is 8.36. The standard InChI is InChI=1S/C21H18ClF4N3O4/c22-14-3-1-12(7-15(14)23)9-32-18(31)29-20-6-5-19(10-20,11-20)28-17(30)16-4-2-13(8-27-16)33-21(24,25)26/h1-4,7-8H,5-6,9-11H2,(H,28,30)(H,29,31). The third-order valence-corrected chi connectivity index (χ3v) is 6.04. The maximum Gasteiger partial charge on any atom is 0.573 e. The number of rotatable bonds is 6. The number of carbonyl (C=O) groups excluding carboxylic acids is 2. The first-order valence-corrected chi connectivity index (χ1v) is 10.3. The van der Waals surface area contributed by atoms with Crippen molar-refractivity contribution in [2.75, 3.05) is 0 Å². The van der Waals surface area contributed by atoms with Gasteiger partial charge in [-0.2, -0.15) is 0 Å². The highest BCUT2D eigenvalue weighted by molar-refractivity contribution is 6.30. The smallest absolute Gasteiger partial charge is 0.445 e. The minimum Gasteiger partial charge on any atom is -0.445 e. The summed E-state index contributed by atoms with van der Waals surface area (Å²) in [6.07, 6.45) is -2.50. The quantitative estimate of drug-likeness (QED) is 0.586. The SMILES string of the molecule is O=C(NC12CCC(NC(=O)c3ccc(OC(F)(F)F)cn3)(C1)C2)OCc1ccc(Cl)c(F)c1. The summed E-state index contributed by atoms with van der Waals surface area (Å²) in [6.45, 7) is -0.127. The van der Waals surface area contributed by atoms with E-state index in [2.05, 4.69) is 20.4 Å². The van der Waals surface area contributed by atoms with Crippen LogP contribution in [-0.4, -0.2) is 34.4 Å². The van der Waals surface area contributed by atoms with Gasteiger partial charge in [-0.1, -0.05) is 17.7 Å². The lowest BCUT2D eigenvalue weighted by Crippen LogP contribution is -2.64. The number of nitrogens with one attached hydrogen (secondary N) is 2. The van der Waals surface area contributed by atoms with Gasteiger partial charge >= 0.3 is 12.5 Å². The van der Waals surface area contributed by atoms with Crippen LogP contribution in [0.4, 0.5) is 22.4 Å². The van der Waals surface area contributed by atoms with Crippen LogP contribution >= 0.6 is 11.6 Å². The number of ether oxygens (including phenoxy) is 2. The van der Waals surface area contributed by atoms with Crippen molar-refractivity contribution in [3.05, 3.63) is 58.6 Å². The number of hydrogen-bond donors (Lipinski definition) is 2. The van der Waals surface area contributed by atoms with Crippen molar-refractivity contribution in [3.63, 3.8) is 0 Å². The normalized spacial score (nSPS) is 23.4. The first-order valence-electron chi connectivity index (χ1n) is 9.90. The van der Waals surface area contributed by atoms with Crippen LogP contribution in [0.15, 0.2) is 36.5 Å². The number of pyridine rings is 1. The second-order valence-electron chi connectivity index (χ2n) is 8.24. The van der Waals surface area contributed by atoms with Crippen molar-refractivity contribution in [1.82, 2.24) is 15.6 Å². The van der Waals surface area contributed by atoms with Crippen LogP contribution < -0.4 is 15.4 Å². The predicted molar refractivity (Wildman–Crippen MR) is 107 cm³/mol. The van der Waals surface area contributed by atoms with Gasteiger partial charge in [-0.15, -0.1) is 13.2 Å². The van der Waals surface area contributed by atoms with Crippen molar-refractivity contribution < 1.29 is 36.6 Å². The van der Waals surface area contributed by atoms with Gasteiger partial charge in [-0.3, -0.25) is 4.79 Å². The Morgan fingerprint density at radius 2 is 1.79 bits per heavy atom. The van der Waals surface area contributed by atoms with E-state index < -0.39 is 41.0 Å². The fourth-order valence-electron chi connectivity index (χ4n) is 4.42. The third-order valence-electron chi connectivity index (χ3n) is 5.74. The van der Waals surface area contributed by atoms with Crippen molar-refractivity contribution in [2.24, 2.45) is 0 Å². The Bertz CT molecular complexity index is 1070. The molecule has 0 atom stereocenters. The van der Waals surface area contributed by atoms with E-state index >= 15 is 0 Å². The van der Waals surface area contributed by atoms with Crippen LogP contribution in [0.1, 0.15) is 41.7 Å². The molecule has 33 heavy (non-hydrogen) atoms. The summed E-state index contributed by atoms with van der Waals surface area (Å²) in [5, 5.41) is 5.65. The molecule has 0 aliphatic heterocycles. The van der Waals surface area contributed by atoms with E-state index in [0.29, 0.717) is 31.2 Å². The Balaban J connectivity index is 1.27. The van der Waals surface area contributed by atoms with Gasteiger partial charge in [0.15, 0.2) is 0 Å². The first kappa shape index (κ1) is 23.1. The summed E-state index contributed by atoms with van der Waals surface area (Å²) in [5.74, 6) is -1.66. The molecule has 3 fully saturated rings. The van der Waals surface area contributed by atoms with E-state index in [-0.39, 0.29) is 17.3 Å². The van der Waals surface area contributed by atoms with Crippen LogP contribution in [-0.2, 0) is 11.3 Å². The number of hydrogen-bond acceptors (Lipinski definition) is 5. The number of amides is 2. The van der Waals surface area contributed by atoms with Crippen LogP contribution in [0.25, 0.3) is 0 Å². The Labute approximate surface area is 190 Å². The van der Waals surface area contributed by atoms with Gasteiger partial charge in [0.1, 0.15) is 23.9 Å². The number of nitrogens with zero attached hydrogens (tertiary/aromatic N) is 1. The molecule has 3 saturated carbocycles. The summed E-state index contributed by atoms with van der Waals surface area (Å²) in [7, 11) is 0. The number of fused-ring (bicyclic) bond motifs is 1. The molecule has 3 aliphatic rings. The Morgan fingerprint density at radius 3 is 2.39 bits per heavy atom. The van der Waals surface area contributed by atoms with Crippen molar-refractivity contribution in [2.45, 2.75) is 49.7 Å². The van der Waals surface area contributed by atoms with Gasteiger partial charge in [0, 0.05) is 11.1 Å². The number of halogens is 5. The molecule has 0 spiro atoms. The lowest BCUT2D eigenvalue weighted by Gasteiger charge is -2.47. The molecular weight excluding hydrogens is 470 g/mol. The molecule has 1 heterocycles. The van der Waals surface area contributed by atoms with Gasteiger partial charge in [0.25, 0.3) is 5.91 Å². The minimum atomic E-state index is -4.84. The molecule has 176 valence electrons. The maximum atomic E-state index is 13.5. The Morgan fingerprint density at radius 1 is 1.09 bits per heavy atom. The zero-order valence-corrected chi connectivity index (χ0v) is 17.7. The summed E-state index contributed by atoms with van der Waals surface area (Å²) in [6, 6.07) is 6.26. The molecule has 2 N–H and O–H groups in total. The molecule has 7 nitrogen and oxygen atoms in total. The third kappa shape index (κ3) is 5.29. The molecule has 1 aromatic carbocycles. The summed E-state index contributed by atoms with van der Waals surface area (Å²) in [5.41, 5.74) is -0.656. The molecule has 0 radical (unpaired) electrons. The van der Waals surface area contributed by atoms with Gasteiger partial charge in [0.05, 0.1) is 11.2 Å². The highest BCUT2D eigenvalue weighted by Gasteiger charge is 2.62. The van der Waals surface area contributed by atoms with Crippen molar-refractivity contribution in [1.29, 1.82) is 0 Å². The van der Waals surface area contributed by atoms with E-state index in [0.717, 1.165) is 18.3 Å². The fraction of sp³-hybridized carbons (Fsp3) is 0.381. The predicted octanol–water partition coefficient (Wildman–Crippen LogP) is 4.49. The maximum absolute atomic E-state index is 13.5. The summed E-state index contributed by atoms with van der Waals surface area (Å²) < 4.78 is 59.1. The average molecular weight is 488 g/mol. The zero-order chi connectivity index (χ0) is 23.9. The van der Waals surface area contributed by atoms with Crippen molar-refractivity contribution >= 4 is 23.6 Å². The zero-order valence-electron chi connectivity index (χ0n) is 17.0. The molecule has 12 heteroatoms. The lowest BCUT2D eigenvalue weighted by atomic mass is 9.71. The molecule has 2 aromatic rings. The van der Waals surface area contributed by atoms with E-state index in [4.69, 9.17) is 16.3 Å². The number of carbonyl (C=O) groups is 2. The molecule has 0 unspecified atom stereocenters. The van der Waals surface area contributed by atoms with E-state index in [9.17, 15) is 27.2 Å². The van der Waals surface area contributed by atoms with Crippen LogP contribution in [0.5, 0.6) is 5.75 Å². The highest BCUT2D eigenvalue weighted by atomic mass is 35.5. The molecule has 3 aliphatic carbocycles. The minimum absolute atomic E-state index is 0.0262.